The molecule has 6 heteroatoms. The first kappa shape index (κ1) is 9.60. The number of nitrogens with two attached hydrogens (primary N) is 1. The molecule has 0 atom stereocenters. The van der Waals surface area contributed by atoms with Crippen LogP contribution in [0.15, 0.2) is 12.3 Å². The number of nitrogen functional groups attached to an aromatic ring is 1. The first-order valence-electron chi connectivity index (χ1n) is 3.48. The van der Waals surface area contributed by atoms with E-state index in [2.05, 4.69) is 10.1 Å². The average Bonchev–Trinajstić information content (AvgIpc) is 2.33. The summed E-state index contributed by atoms with van der Waals surface area (Å²) in [6.45, 7) is 1.78. The lowest BCUT2D eigenvalue weighted by atomic mass is 10.4. The lowest BCUT2D eigenvalue weighted by molar-refractivity contribution is 0.434. The van der Waals surface area contributed by atoms with Crippen molar-refractivity contribution in [3.63, 3.8) is 0 Å². The maximum absolute atomic E-state index is 9.37. The Balaban J connectivity index is 0.000000845. The molecule has 0 fully saturated rings. The van der Waals surface area contributed by atoms with Gasteiger partial charge in [-0.15, -0.1) is 12.4 Å². The van der Waals surface area contributed by atoms with Gasteiger partial charge >= 0.3 is 0 Å². The van der Waals surface area contributed by atoms with Crippen molar-refractivity contribution in [2.24, 2.45) is 0 Å². The van der Waals surface area contributed by atoms with Crippen LogP contribution in [-0.2, 0) is 0 Å². The molecule has 2 rings (SSSR count). The molecule has 2 aromatic heterocycles. The van der Waals surface area contributed by atoms with Crippen LogP contribution < -0.4 is 5.73 Å². The minimum atomic E-state index is 0. The Morgan fingerprint density at radius 3 is 2.92 bits per heavy atom. The van der Waals surface area contributed by atoms with Gasteiger partial charge in [-0.05, 0) is 6.92 Å². The van der Waals surface area contributed by atoms with E-state index in [0.29, 0.717) is 17.0 Å². The third-order valence-corrected chi connectivity index (χ3v) is 1.61. The van der Waals surface area contributed by atoms with E-state index >= 15 is 0 Å². The summed E-state index contributed by atoms with van der Waals surface area (Å²) in [7, 11) is 0. The molecule has 0 aromatic carbocycles. The molecule has 0 amide bonds. The Hall–Kier alpha value is -1.49. The second kappa shape index (κ2) is 3.10. The molecule has 0 saturated heterocycles. The fourth-order valence-electron chi connectivity index (χ4n) is 1.08. The van der Waals surface area contributed by atoms with Gasteiger partial charge in [0.2, 0.25) is 5.88 Å². The van der Waals surface area contributed by atoms with Crippen molar-refractivity contribution in [2.75, 3.05) is 5.73 Å². The third-order valence-electron chi connectivity index (χ3n) is 1.61. The number of aromatic hydroxyl groups is 1. The molecule has 2 heterocycles. The van der Waals surface area contributed by atoms with E-state index in [-0.39, 0.29) is 18.3 Å². The second-order valence-corrected chi connectivity index (χ2v) is 2.59. The van der Waals surface area contributed by atoms with E-state index in [1.807, 2.05) is 0 Å². The van der Waals surface area contributed by atoms with Crippen LogP contribution in [0.4, 0.5) is 5.69 Å². The highest BCUT2D eigenvalue weighted by Gasteiger charge is 2.05. The Morgan fingerprint density at radius 2 is 2.23 bits per heavy atom. The van der Waals surface area contributed by atoms with Crippen LogP contribution in [0.5, 0.6) is 5.88 Å². The van der Waals surface area contributed by atoms with Crippen molar-refractivity contribution < 1.29 is 5.11 Å². The minimum Gasteiger partial charge on any atom is -0.493 e. The van der Waals surface area contributed by atoms with Gasteiger partial charge in [-0.2, -0.15) is 9.61 Å². The Labute approximate surface area is 80.6 Å². The quantitative estimate of drug-likeness (QED) is 0.658. The van der Waals surface area contributed by atoms with Gasteiger partial charge in [-0.1, -0.05) is 0 Å². The van der Waals surface area contributed by atoms with Gasteiger partial charge < -0.3 is 10.8 Å². The molecule has 2 aromatic rings. The van der Waals surface area contributed by atoms with E-state index < -0.39 is 0 Å². The maximum atomic E-state index is 9.37. The van der Waals surface area contributed by atoms with Gasteiger partial charge in [-0.3, -0.25) is 0 Å². The Morgan fingerprint density at radius 1 is 1.54 bits per heavy atom. The summed E-state index contributed by atoms with van der Waals surface area (Å²) < 4.78 is 1.29. The molecule has 70 valence electrons. The van der Waals surface area contributed by atoms with Crippen LogP contribution in [0.3, 0.4) is 0 Å². The highest BCUT2D eigenvalue weighted by molar-refractivity contribution is 5.85. The highest BCUT2D eigenvalue weighted by Crippen LogP contribution is 2.16. The van der Waals surface area contributed by atoms with E-state index in [0.717, 1.165) is 0 Å². The van der Waals surface area contributed by atoms with Crippen LogP contribution in [0, 0.1) is 6.92 Å². The molecule has 0 unspecified atom stereocenters. The normalized spacial score (nSPS) is 9.92. The molecule has 13 heavy (non-hydrogen) atoms. The Kier molecular flexibility index (Phi) is 2.29. The van der Waals surface area contributed by atoms with Gasteiger partial charge in [0, 0.05) is 11.8 Å². The smallest absolute Gasteiger partial charge is 0.215 e. The molecular formula is C7H9ClN4O. The first-order valence-corrected chi connectivity index (χ1v) is 3.48. The van der Waals surface area contributed by atoms with Crippen LogP contribution in [0.1, 0.15) is 5.69 Å². The van der Waals surface area contributed by atoms with Crippen LogP contribution in [0.2, 0.25) is 0 Å². The number of hydrogen-bond acceptors (Lipinski definition) is 4. The number of halogens is 1. The zero-order valence-corrected chi connectivity index (χ0v) is 7.75. The van der Waals surface area contributed by atoms with Crippen molar-refractivity contribution in [3.8, 4) is 5.88 Å². The number of aryl methyl sites for hydroxylation is 1. The zero-order valence-electron chi connectivity index (χ0n) is 6.93. The molecule has 0 radical (unpaired) electrons. The molecule has 0 aliphatic carbocycles. The predicted molar refractivity (Wildman–Crippen MR) is 51.0 cm³/mol. The van der Waals surface area contributed by atoms with Crippen LogP contribution in [0.25, 0.3) is 5.65 Å². The lowest BCUT2D eigenvalue weighted by Gasteiger charge is -1.98. The Bertz CT molecular complexity index is 439. The first-order chi connectivity index (χ1) is 5.68. The molecule has 0 aliphatic heterocycles. The number of hydrogen-bond donors (Lipinski definition) is 2. The maximum Gasteiger partial charge on any atom is 0.215 e. The van der Waals surface area contributed by atoms with Gasteiger partial charge in [-0.25, -0.2) is 4.98 Å². The molecule has 5 nitrogen and oxygen atoms in total. The monoisotopic (exact) mass is 200 g/mol. The van der Waals surface area contributed by atoms with Crippen molar-refractivity contribution >= 4 is 23.7 Å². The van der Waals surface area contributed by atoms with E-state index in [9.17, 15) is 5.11 Å². The highest BCUT2D eigenvalue weighted by atomic mass is 35.5. The van der Waals surface area contributed by atoms with Crippen LogP contribution in [-0.4, -0.2) is 19.7 Å². The van der Waals surface area contributed by atoms with Crippen molar-refractivity contribution in [1.82, 2.24) is 14.6 Å². The average molecular weight is 201 g/mol. The summed E-state index contributed by atoms with van der Waals surface area (Å²) in [5.74, 6) is 0.0502. The molecule has 0 bridgehead atoms. The summed E-state index contributed by atoms with van der Waals surface area (Å²) in [6.07, 6.45) is 1.46. The van der Waals surface area contributed by atoms with E-state index in [1.165, 1.54) is 16.8 Å². The summed E-state index contributed by atoms with van der Waals surface area (Å²) in [5, 5.41) is 13.2. The summed E-state index contributed by atoms with van der Waals surface area (Å²) in [6, 6.07) is 1.53. The van der Waals surface area contributed by atoms with Crippen molar-refractivity contribution in [2.45, 2.75) is 6.92 Å². The zero-order chi connectivity index (χ0) is 8.72. The second-order valence-electron chi connectivity index (χ2n) is 2.59. The molecule has 3 N–H and O–H groups in total. The largest absolute Gasteiger partial charge is 0.493 e. The van der Waals surface area contributed by atoms with E-state index in [4.69, 9.17) is 5.73 Å². The summed E-state index contributed by atoms with van der Waals surface area (Å²) in [4.78, 5) is 4.11. The fourth-order valence-corrected chi connectivity index (χ4v) is 1.08. The molecule has 0 spiro atoms. The topological polar surface area (TPSA) is 76.4 Å². The third kappa shape index (κ3) is 1.38. The molecule has 0 aliphatic rings. The van der Waals surface area contributed by atoms with E-state index in [1.54, 1.807) is 6.92 Å². The van der Waals surface area contributed by atoms with Gasteiger partial charge in [0.15, 0.2) is 5.65 Å². The number of aromatic nitrogens is 3. The summed E-state index contributed by atoms with van der Waals surface area (Å²) >= 11 is 0. The van der Waals surface area contributed by atoms with Gasteiger partial charge in [0.1, 0.15) is 0 Å². The number of rotatable bonds is 0. The minimum absolute atomic E-state index is 0. The molecular weight excluding hydrogens is 192 g/mol. The number of anilines is 1. The fraction of sp³-hybridized carbons (Fsp3) is 0.143. The predicted octanol–water partition coefficient (Wildman–Crippen LogP) is 0.747. The molecule has 0 saturated carbocycles. The lowest BCUT2D eigenvalue weighted by Crippen LogP contribution is -1.94. The van der Waals surface area contributed by atoms with Crippen molar-refractivity contribution in [1.29, 1.82) is 0 Å². The summed E-state index contributed by atoms with van der Waals surface area (Å²) in [5.41, 5.74) is 7.23. The number of nitrogens with zero attached hydrogens (tertiary/aromatic N) is 3. The van der Waals surface area contributed by atoms with Gasteiger partial charge in [0.25, 0.3) is 0 Å². The number of fused-ring (bicyclic) bond motifs is 1. The van der Waals surface area contributed by atoms with Gasteiger partial charge in [0.05, 0.1) is 11.9 Å². The standard InChI is InChI=1S/C7H8N4O.ClH/c1-4-2-6(12)11-7(10-4)5(8)3-9-11;/h2-3,12H,8H2,1H3;1H. The van der Waals surface area contributed by atoms with Crippen LogP contribution >= 0.6 is 12.4 Å². The van der Waals surface area contributed by atoms with Crippen molar-refractivity contribution in [3.05, 3.63) is 18.0 Å². The SMILES string of the molecule is Cc1cc(O)n2ncc(N)c2n1.Cl.